The molecule has 2 aliphatic rings. The zero-order valence-corrected chi connectivity index (χ0v) is 23.0. The average Bonchev–Trinajstić information content (AvgIpc) is 2.96. The van der Waals surface area contributed by atoms with E-state index < -0.39 is 0 Å². The zero-order valence-electron chi connectivity index (χ0n) is 22.2. The zero-order chi connectivity index (χ0) is 26.9. The maximum atomic E-state index is 13.5. The van der Waals surface area contributed by atoms with Crippen molar-refractivity contribution in [3.8, 4) is 23.0 Å². The van der Waals surface area contributed by atoms with Gasteiger partial charge in [-0.05, 0) is 54.8 Å². The van der Waals surface area contributed by atoms with Crippen molar-refractivity contribution in [2.24, 2.45) is 5.41 Å². The van der Waals surface area contributed by atoms with Gasteiger partial charge < -0.3 is 28.7 Å². The van der Waals surface area contributed by atoms with E-state index in [9.17, 15) is 4.79 Å². The van der Waals surface area contributed by atoms with E-state index in [2.05, 4.69) is 29.2 Å². The number of rotatable bonds is 7. The summed E-state index contributed by atoms with van der Waals surface area (Å²) < 4.78 is 21.8. The van der Waals surface area contributed by atoms with Gasteiger partial charge in [-0.1, -0.05) is 29.8 Å². The van der Waals surface area contributed by atoms with Gasteiger partial charge in [0.1, 0.15) is 5.75 Å². The van der Waals surface area contributed by atoms with Crippen LogP contribution in [0.25, 0.3) is 0 Å². The minimum Gasteiger partial charge on any atom is -0.497 e. The Morgan fingerprint density at radius 2 is 1.53 bits per heavy atom. The molecule has 0 bridgehead atoms. The average molecular weight is 537 g/mol. The van der Waals surface area contributed by atoms with Crippen LogP contribution in [0.5, 0.6) is 23.0 Å². The second-order valence-electron chi connectivity index (χ2n) is 9.85. The van der Waals surface area contributed by atoms with Crippen LogP contribution in [0.2, 0.25) is 5.02 Å². The van der Waals surface area contributed by atoms with Gasteiger partial charge in [-0.2, -0.15) is 0 Å². The number of likely N-dealkylation sites (tertiary alicyclic amines) is 1. The number of piperidine rings is 1. The van der Waals surface area contributed by atoms with Gasteiger partial charge in [0.05, 0.1) is 34.5 Å². The third kappa shape index (κ3) is 4.60. The van der Waals surface area contributed by atoms with E-state index in [4.69, 9.17) is 30.5 Å². The Hall–Kier alpha value is -3.58. The molecule has 1 unspecified atom stereocenters. The van der Waals surface area contributed by atoms with Gasteiger partial charge >= 0.3 is 0 Å². The number of ether oxygens (including phenoxy) is 4. The topological polar surface area (TPSA) is 60.5 Å². The minimum atomic E-state index is -0.0360. The van der Waals surface area contributed by atoms with Crippen molar-refractivity contribution in [1.82, 2.24) is 4.90 Å². The Morgan fingerprint density at radius 1 is 0.868 bits per heavy atom. The van der Waals surface area contributed by atoms with Crippen molar-refractivity contribution >= 4 is 23.2 Å². The molecular formula is C30H33ClN2O5. The van der Waals surface area contributed by atoms with Crippen molar-refractivity contribution in [3.63, 3.8) is 0 Å². The first-order valence-electron chi connectivity index (χ1n) is 12.7. The Bertz CT molecular complexity index is 1280. The van der Waals surface area contributed by atoms with Crippen molar-refractivity contribution in [3.05, 3.63) is 76.8 Å². The number of amides is 1. The van der Waals surface area contributed by atoms with Crippen LogP contribution in [0.15, 0.2) is 60.7 Å². The maximum Gasteiger partial charge on any atom is 0.254 e. The summed E-state index contributed by atoms with van der Waals surface area (Å²) in [6.45, 7) is 2.26. The first kappa shape index (κ1) is 26.0. The molecule has 2 aliphatic heterocycles. The largest absolute Gasteiger partial charge is 0.497 e. The summed E-state index contributed by atoms with van der Waals surface area (Å²) in [5, 5.41) is 0.723. The summed E-state index contributed by atoms with van der Waals surface area (Å²) in [5.41, 5.74) is 2.94. The molecule has 1 atom stereocenters. The van der Waals surface area contributed by atoms with E-state index >= 15 is 0 Å². The highest BCUT2D eigenvalue weighted by atomic mass is 35.5. The van der Waals surface area contributed by atoms with Gasteiger partial charge in [0, 0.05) is 47.4 Å². The smallest absolute Gasteiger partial charge is 0.254 e. The monoisotopic (exact) mass is 536 g/mol. The van der Waals surface area contributed by atoms with E-state index in [0.29, 0.717) is 35.9 Å². The molecule has 38 heavy (non-hydrogen) atoms. The lowest BCUT2D eigenvalue weighted by Crippen LogP contribution is -2.62. The lowest BCUT2D eigenvalue weighted by Gasteiger charge is -2.61. The van der Waals surface area contributed by atoms with Gasteiger partial charge in [-0.15, -0.1) is 0 Å². The molecule has 2 fully saturated rings. The third-order valence-electron chi connectivity index (χ3n) is 7.91. The molecule has 0 aromatic heterocycles. The number of hydrogen-bond acceptors (Lipinski definition) is 6. The van der Waals surface area contributed by atoms with Crippen LogP contribution in [0.1, 0.15) is 34.8 Å². The molecule has 0 radical (unpaired) electrons. The molecule has 0 aliphatic carbocycles. The summed E-state index contributed by atoms with van der Waals surface area (Å²) in [6.07, 6.45) is 1.80. The molecule has 200 valence electrons. The summed E-state index contributed by atoms with van der Waals surface area (Å²) in [5.74, 6) is 2.22. The van der Waals surface area contributed by atoms with Crippen LogP contribution in [0.3, 0.4) is 0 Å². The fourth-order valence-electron chi connectivity index (χ4n) is 5.92. The normalized spacial score (nSPS) is 18.1. The number of carbonyl (C=O) groups is 1. The lowest BCUT2D eigenvalue weighted by molar-refractivity contribution is 0.0270. The first-order chi connectivity index (χ1) is 18.4. The summed E-state index contributed by atoms with van der Waals surface area (Å²) >= 11 is 6.22. The van der Waals surface area contributed by atoms with Gasteiger partial charge in [-0.3, -0.25) is 4.79 Å². The van der Waals surface area contributed by atoms with E-state index in [1.807, 2.05) is 29.2 Å². The van der Waals surface area contributed by atoms with Crippen LogP contribution in [-0.2, 0) is 0 Å². The Morgan fingerprint density at radius 3 is 2.11 bits per heavy atom. The van der Waals surface area contributed by atoms with Crippen molar-refractivity contribution in [2.45, 2.75) is 18.9 Å². The fraction of sp³-hybridized carbons (Fsp3) is 0.367. The number of nitrogens with zero attached hydrogens (tertiary/aromatic N) is 2. The number of benzene rings is 3. The Kier molecular flexibility index (Phi) is 7.30. The molecule has 0 N–H and O–H groups in total. The number of methoxy groups -OCH3 is 4. The molecule has 5 rings (SSSR count). The molecular weight excluding hydrogens is 504 g/mol. The van der Waals surface area contributed by atoms with E-state index in [-0.39, 0.29) is 17.4 Å². The summed E-state index contributed by atoms with van der Waals surface area (Å²) in [6, 6.07) is 20.0. The Balaban J connectivity index is 1.38. The second-order valence-corrected chi connectivity index (χ2v) is 10.3. The molecule has 2 saturated heterocycles. The number of anilines is 1. The second kappa shape index (κ2) is 10.7. The predicted octanol–water partition coefficient (Wildman–Crippen LogP) is 5.86. The predicted molar refractivity (Wildman–Crippen MR) is 148 cm³/mol. The first-order valence-corrected chi connectivity index (χ1v) is 13.1. The number of hydrogen-bond donors (Lipinski definition) is 0. The van der Waals surface area contributed by atoms with Gasteiger partial charge in [0.25, 0.3) is 5.91 Å². The van der Waals surface area contributed by atoms with E-state index in [0.717, 1.165) is 35.8 Å². The molecule has 2 heterocycles. The van der Waals surface area contributed by atoms with Crippen LogP contribution < -0.4 is 23.8 Å². The number of halogens is 1. The summed E-state index contributed by atoms with van der Waals surface area (Å²) in [7, 11) is 6.35. The van der Waals surface area contributed by atoms with E-state index in [1.165, 1.54) is 5.56 Å². The van der Waals surface area contributed by atoms with Crippen molar-refractivity contribution in [1.29, 1.82) is 0 Å². The van der Waals surface area contributed by atoms with Crippen LogP contribution >= 0.6 is 11.6 Å². The molecule has 8 heteroatoms. The fourth-order valence-corrected chi connectivity index (χ4v) is 6.04. The van der Waals surface area contributed by atoms with Gasteiger partial charge in [0.15, 0.2) is 11.5 Å². The van der Waals surface area contributed by atoms with Gasteiger partial charge in [-0.25, -0.2) is 0 Å². The molecule has 1 amide bonds. The Labute approximate surface area is 228 Å². The van der Waals surface area contributed by atoms with Crippen LogP contribution in [-0.4, -0.2) is 58.9 Å². The van der Waals surface area contributed by atoms with Crippen LogP contribution in [0, 0.1) is 5.41 Å². The number of carbonyl (C=O) groups excluding carboxylic acids is 1. The SMILES string of the molecule is COc1cccc(N2CC3(CCN(C(=O)c4cc(OC)c(OC)c(OC)c4)CC3)C2c2ccc(Cl)cc2)c1. The summed E-state index contributed by atoms with van der Waals surface area (Å²) in [4.78, 5) is 17.9. The van der Waals surface area contributed by atoms with Crippen LogP contribution in [0.4, 0.5) is 5.69 Å². The standard InChI is InChI=1S/C30H33ClN2O5/c1-35-24-7-5-6-23(18-24)33-19-30(28(33)20-8-10-22(31)11-9-20)12-14-32(15-13-30)29(34)21-16-25(36-2)27(38-4)26(17-21)37-3/h5-11,16-18,28H,12-15,19H2,1-4H3. The highest BCUT2D eigenvalue weighted by molar-refractivity contribution is 6.30. The lowest BCUT2D eigenvalue weighted by atomic mass is 9.63. The molecule has 0 saturated carbocycles. The van der Waals surface area contributed by atoms with E-state index in [1.54, 1.807) is 40.6 Å². The molecule has 7 nitrogen and oxygen atoms in total. The van der Waals surface area contributed by atoms with Gasteiger partial charge in [0.2, 0.25) is 5.75 Å². The highest BCUT2D eigenvalue weighted by Gasteiger charge is 2.54. The third-order valence-corrected chi connectivity index (χ3v) is 8.16. The molecule has 3 aromatic carbocycles. The highest BCUT2D eigenvalue weighted by Crippen LogP contribution is 2.56. The maximum absolute atomic E-state index is 13.5. The quantitative estimate of drug-likeness (QED) is 0.377. The molecule has 1 spiro atoms. The van der Waals surface area contributed by atoms with Crippen molar-refractivity contribution in [2.75, 3.05) is 53.0 Å². The minimum absolute atomic E-state index is 0.0360. The van der Waals surface area contributed by atoms with Crippen molar-refractivity contribution < 1.29 is 23.7 Å². The molecule has 3 aromatic rings.